The summed E-state index contributed by atoms with van der Waals surface area (Å²) >= 11 is 0. The monoisotopic (exact) mass is 380 g/mol. The van der Waals surface area contributed by atoms with E-state index in [1.54, 1.807) is 48.5 Å². The summed E-state index contributed by atoms with van der Waals surface area (Å²) in [6, 6.07) is 25.1. The lowest BCUT2D eigenvalue weighted by Gasteiger charge is -2.06. The molecule has 140 valence electrons. The van der Waals surface area contributed by atoms with Gasteiger partial charge in [-0.25, -0.2) is 4.39 Å². The van der Waals surface area contributed by atoms with Gasteiger partial charge >= 0.3 is 0 Å². The molecule has 3 aromatic carbocycles. The molecule has 0 saturated heterocycles. The first-order valence-corrected chi connectivity index (χ1v) is 9.20. The van der Waals surface area contributed by atoms with Crippen LogP contribution in [0.3, 0.4) is 0 Å². The van der Waals surface area contributed by atoms with Crippen molar-refractivity contribution in [2.75, 3.05) is 0 Å². The molecular weight excluding hydrogens is 363 g/mol. The van der Waals surface area contributed by atoms with Gasteiger partial charge in [-0.15, -0.1) is 0 Å². The first-order chi connectivity index (χ1) is 14.2. The lowest BCUT2D eigenvalue weighted by molar-refractivity contribution is 0.104. The number of aromatic nitrogens is 1. The van der Waals surface area contributed by atoms with Crippen molar-refractivity contribution in [3.63, 3.8) is 0 Å². The summed E-state index contributed by atoms with van der Waals surface area (Å²) in [7, 11) is 0. The molecule has 0 radical (unpaired) electrons. The quantitative estimate of drug-likeness (QED) is 0.256. The number of para-hydroxylation sites is 1. The summed E-state index contributed by atoms with van der Waals surface area (Å²) in [5, 5.41) is 10.5. The number of allylic oxidation sites excluding steroid dienone is 1. The van der Waals surface area contributed by atoms with Crippen molar-refractivity contribution in [2.24, 2.45) is 0 Å². The van der Waals surface area contributed by atoms with E-state index in [0.717, 1.165) is 16.5 Å². The lowest BCUT2D eigenvalue weighted by Crippen LogP contribution is -2.01. The average molecular weight is 380 g/mol. The summed E-state index contributed by atoms with van der Waals surface area (Å²) in [5.74, 6) is -0.585. The van der Waals surface area contributed by atoms with E-state index in [1.807, 2.05) is 47.2 Å². The number of benzene rings is 3. The van der Waals surface area contributed by atoms with Crippen LogP contribution in [0.2, 0.25) is 0 Å². The van der Waals surface area contributed by atoms with Crippen LogP contribution in [0, 0.1) is 17.1 Å². The predicted molar refractivity (Wildman–Crippen MR) is 112 cm³/mol. The van der Waals surface area contributed by atoms with E-state index in [2.05, 4.69) is 0 Å². The number of fused-ring (bicyclic) bond motifs is 1. The maximum Gasteiger partial charge on any atom is 0.203 e. The van der Waals surface area contributed by atoms with Gasteiger partial charge in [0, 0.05) is 33.8 Å². The van der Waals surface area contributed by atoms with Crippen molar-refractivity contribution < 1.29 is 9.18 Å². The molecule has 0 bridgehead atoms. The Morgan fingerprint density at radius 2 is 1.66 bits per heavy atom. The van der Waals surface area contributed by atoms with Gasteiger partial charge in [-0.05, 0) is 18.2 Å². The number of hydrogen-bond donors (Lipinski definition) is 0. The Labute approximate surface area is 168 Å². The second-order valence-corrected chi connectivity index (χ2v) is 6.69. The number of rotatable bonds is 5. The number of carbonyl (C=O) groups excluding carboxylic acids is 1. The summed E-state index contributed by atoms with van der Waals surface area (Å²) < 4.78 is 16.1. The highest BCUT2D eigenvalue weighted by atomic mass is 19.1. The van der Waals surface area contributed by atoms with Crippen LogP contribution in [0.5, 0.6) is 0 Å². The van der Waals surface area contributed by atoms with E-state index in [4.69, 9.17) is 0 Å². The molecular formula is C25H17FN2O. The van der Waals surface area contributed by atoms with Crippen molar-refractivity contribution in [1.82, 2.24) is 4.57 Å². The van der Waals surface area contributed by atoms with E-state index in [-0.39, 0.29) is 17.2 Å². The molecule has 0 amide bonds. The summed E-state index contributed by atoms with van der Waals surface area (Å²) in [6.45, 7) is 0.357. The smallest absolute Gasteiger partial charge is 0.203 e. The number of hydrogen-bond acceptors (Lipinski definition) is 2. The van der Waals surface area contributed by atoms with Gasteiger partial charge in [-0.2, -0.15) is 5.26 Å². The van der Waals surface area contributed by atoms with Crippen LogP contribution in [0.1, 0.15) is 21.5 Å². The highest BCUT2D eigenvalue weighted by molar-refractivity contribution is 6.14. The molecule has 3 nitrogen and oxygen atoms in total. The Bertz CT molecular complexity index is 1260. The third-order valence-corrected chi connectivity index (χ3v) is 4.82. The van der Waals surface area contributed by atoms with E-state index in [9.17, 15) is 14.4 Å². The third-order valence-electron chi connectivity index (χ3n) is 4.82. The van der Waals surface area contributed by atoms with Gasteiger partial charge in [0.05, 0.1) is 6.54 Å². The predicted octanol–water partition coefficient (Wildman–Crippen LogP) is 5.62. The van der Waals surface area contributed by atoms with Crippen LogP contribution in [-0.4, -0.2) is 10.4 Å². The zero-order chi connectivity index (χ0) is 20.2. The molecule has 4 rings (SSSR count). The molecule has 4 heteroatoms. The number of carbonyl (C=O) groups is 1. The van der Waals surface area contributed by atoms with Gasteiger partial charge in [0.15, 0.2) is 0 Å². The number of Topliss-reactive ketones (excluding diaryl/α,β-unsaturated/α-hetero) is 1. The van der Waals surface area contributed by atoms with Gasteiger partial charge in [-0.1, -0.05) is 66.7 Å². The third kappa shape index (κ3) is 3.71. The molecule has 1 heterocycles. The van der Waals surface area contributed by atoms with Crippen LogP contribution in [-0.2, 0) is 6.54 Å². The molecule has 0 spiro atoms. The van der Waals surface area contributed by atoms with E-state index in [0.29, 0.717) is 17.7 Å². The van der Waals surface area contributed by atoms with Gasteiger partial charge in [-0.3, -0.25) is 4.79 Å². The second kappa shape index (κ2) is 7.95. The highest BCUT2D eigenvalue weighted by Crippen LogP contribution is 2.25. The largest absolute Gasteiger partial charge is 0.342 e. The van der Waals surface area contributed by atoms with Crippen LogP contribution in [0.4, 0.5) is 4.39 Å². The Balaban J connectivity index is 1.78. The molecule has 0 aliphatic carbocycles. The van der Waals surface area contributed by atoms with Gasteiger partial charge in [0.2, 0.25) is 5.78 Å². The summed E-state index contributed by atoms with van der Waals surface area (Å²) in [5.41, 5.74) is 2.76. The maximum absolute atomic E-state index is 14.1. The normalized spacial score (nSPS) is 11.4. The topological polar surface area (TPSA) is 45.8 Å². The number of halogens is 1. The van der Waals surface area contributed by atoms with Gasteiger partial charge in [0.1, 0.15) is 17.5 Å². The average Bonchev–Trinajstić information content (AvgIpc) is 3.11. The lowest BCUT2D eigenvalue weighted by atomic mass is 10.0. The van der Waals surface area contributed by atoms with Crippen LogP contribution < -0.4 is 0 Å². The van der Waals surface area contributed by atoms with Crippen molar-refractivity contribution in [3.05, 3.63) is 113 Å². The first kappa shape index (κ1) is 18.4. The molecule has 4 aromatic rings. The molecule has 29 heavy (non-hydrogen) atoms. The minimum absolute atomic E-state index is 0.0602. The number of nitriles is 1. The van der Waals surface area contributed by atoms with Crippen molar-refractivity contribution in [1.29, 1.82) is 5.26 Å². The van der Waals surface area contributed by atoms with Gasteiger partial charge < -0.3 is 4.57 Å². The standard InChI is InChI=1S/C25H17FN2O/c26-23-12-6-4-10-19(23)16-28-17-21(22-11-5-7-13-24(22)28)14-20(15-27)25(29)18-8-2-1-3-9-18/h1-14,17H,16H2. The number of nitrogens with zero attached hydrogens (tertiary/aromatic N) is 2. The van der Waals surface area contributed by atoms with E-state index < -0.39 is 0 Å². The number of ketones is 1. The minimum atomic E-state index is -0.320. The van der Waals surface area contributed by atoms with Crippen LogP contribution in [0.25, 0.3) is 17.0 Å². The minimum Gasteiger partial charge on any atom is -0.342 e. The van der Waals surface area contributed by atoms with Gasteiger partial charge in [0.25, 0.3) is 0 Å². The van der Waals surface area contributed by atoms with Crippen LogP contribution >= 0.6 is 0 Å². The summed E-state index contributed by atoms with van der Waals surface area (Å²) in [6.07, 6.45) is 3.46. The molecule has 0 unspecified atom stereocenters. The van der Waals surface area contributed by atoms with Crippen LogP contribution in [0.15, 0.2) is 90.6 Å². The fourth-order valence-electron chi connectivity index (χ4n) is 3.38. The molecule has 0 aliphatic heterocycles. The Kier molecular flexibility index (Phi) is 5.05. The van der Waals surface area contributed by atoms with E-state index in [1.165, 1.54) is 6.07 Å². The summed E-state index contributed by atoms with van der Waals surface area (Å²) in [4.78, 5) is 12.7. The zero-order valence-corrected chi connectivity index (χ0v) is 15.5. The Hall–Kier alpha value is -3.97. The molecule has 0 N–H and O–H groups in total. The van der Waals surface area contributed by atoms with Crippen molar-refractivity contribution in [3.8, 4) is 6.07 Å². The van der Waals surface area contributed by atoms with E-state index >= 15 is 0 Å². The Morgan fingerprint density at radius 3 is 2.41 bits per heavy atom. The molecule has 0 fully saturated rings. The fraction of sp³-hybridized carbons (Fsp3) is 0.0400. The highest BCUT2D eigenvalue weighted by Gasteiger charge is 2.14. The molecule has 0 atom stereocenters. The van der Waals surface area contributed by atoms with Crippen molar-refractivity contribution in [2.45, 2.75) is 6.54 Å². The fourth-order valence-corrected chi connectivity index (χ4v) is 3.38. The SMILES string of the molecule is N#CC(=Cc1cn(Cc2ccccc2F)c2ccccc12)C(=O)c1ccccc1. The molecule has 0 aliphatic rings. The first-order valence-electron chi connectivity index (χ1n) is 9.20. The zero-order valence-electron chi connectivity index (χ0n) is 15.5. The Morgan fingerprint density at radius 1 is 0.966 bits per heavy atom. The maximum atomic E-state index is 14.1. The second-order valence-electron chi connectivity index (χ2n) is 6.69. The molecule has 1 aromatic heterocycles. The van der Waals surface area contributed by atoms with Crippen molar-refractivity contribution >= 4 is 22.8 Å². The molecule has 0 saturated carbocycles.